The van der Waals surface area contributed by atoms with Gasteiger partial charge in [-0.3, -0.25) is 0 Å². The fourth-order valence-corrected chi connectivity index (χ4v) is 1.40. The second kappa shape index (κ2) is 5.70. The van der Waals surface area contributed by atoms with Crippen LogP contribution >= 0.6 is 0 Å². The lowest BCUT2D eigenvalue weighted by atomic mass is 10.0. The van der Waals surface area contributed by atoms with E-state index in [4.69, 9.17) is 10.00 Å². The monoisotopic (exact) mass is 232 g/mol. The quantitative estimate of drug-likeness (QED) is 0.849. The number of nitrogens with one attached hydrogen (secondary N) is 1. The van der Waals surface area contributed by atoms with Crippen LogP contribution in [-0.4, -0.2) is 12.6 Å². The lowest BCUT2D eigenvalue weighted by Crippen LogP contribution is -2.37. The van der Waals surface area contributed by atoms with E-state index in [2.05, 4.69) is 32.2 Å². The molecule has 0 saturated heterocycles. The molecule has 3 nitrogen and oxygen atoms in total. The van der Waals surface area contributed by atoms with Crippen LogP contribution in [0.25, 0.3) is 0 Å². The molecule has 92 valence electrons. The van der Waals surface area contributed by atoms with E-state index in [1.165, 1.54) is 0 Å². The number of hydrogen-bond donors (Lipinski definition) is 1. The minimum atomic E-state index is 0.126. The molecule has 0 fully saturated rings. The van der Waals surface area contributed by atoms with Crippen molar-refractivity contribution in [3.63, 3.8) is 0 Å². The van der Waals surface area contributed by atoms with Gasteiger partial charge >= 0.3 is 0 Å². The van der Waals surface area contributed by atoms with E-state index in [-0.39, 0.29) is 5.54 Å². The zero-order chi connectivity index (χ0) is 12.9. The van der Waals surface area contributed by atoms with Gasteiger partial charge in [-0.15, -0.1) is 0 Å². The summed E-state index contributed by atoms with van der Waals surface area (Å²) in [6.45, 7) is 7.29. The minimum absolute atomic E-state index is 0.126. The third-order valence-electron chi connectivity index (χ3n) is 3.04. The molecule has 0 spiro atoms. The Morgan fingerprint density at radius 2 is 2.12 bits per heavy atom. The molecule has 0 saturated carbocycles. The van der Waals surface area contributed by atoms with Gasteiger partial charge in [-0.25, -0.2) is 0 Å². The number of hydrogen-bond acceptors (Lipinski definition) is 3. The van der Waals surface area contributed by atoms with Crippen LogP contribution in [-0.2, 0) is 6.54 Å². The maximum atomic E-state index is 8.89. The van der Waals surface area contributed by atoms with Crippen LogP contribution in [0.4, 0.5) is 0 Å². The van der Waals surface area contributed by atoms with Gasteiger partial charge in [-0.1, -0.05) is 13.0 Å². The number of nitrogens with zero attached hydrogens (tertiary/aromatic N) is 1. The Balaban J connectivity index is 2.77. The molecule has 0 aliphatic rings. The summed E-state index contributed by atoms with van der Waals surface area (Å²) in [7, 11) is 1.59. The zero-order valence-electron chi connectivity index (χ0n) is 11.0. The molecule has 0 amide bonds. The predicted molar refractivity (Wildman–Crippen MR) is 68.9 cm³/mol. The van der Waals surface area contributed by atoms with Crippen molar-refractivity contribution in [1.29, 1.82) is 5.26 Å². The van der Waals surface area contributed by atoms with Gasteiger partial charge < -0.3 is 10.1 Å². The Morgan fingerprint density at radius 1 is 1.41 bits per heavy atom. The highest BCUT2D eigenvalue weighted by Gasteiger charge is 2.13. The second-order valence-electron chi connectivity index (χ2n) is 4.74. The zero-order valence-corrected chi connectivity index (χ0v) is 11.0. The molecule has 0 heterocycles. The van der Waals surface area contributed by atoms with E-state index in [0.717, 1.165) is 18.5 Å². The number of nitriles is 1. The maximum Gasteiger partial charge on any atom is 0.136 e. The van der Waals surface area contributed by atoms with Crippen LogP contribution in [0.2, 0.25) is 0 Å². The van der Waals surface area contributed by atoms with Crippen molar-refractivity contribution in [3.8, 4) is 11.8 Å². The fourth-order valence-electron chi connectivity index (χ4n) is 1.40. The van der Waals surface area contributed by atoms with E-state index in [1.807, 2.05) is 12.1 Å². The van der Waals surface area contributed by atoms with Gasteiger partial charge in [0.05, 0.1) is 12.7 Å². The standard InChI is InChI=1S/C14H20N2O/c1-5-14(2,3)16-10-11-6-7-12(9-15)13(8-11)17-4/h6-8,16H,5,10H2,1-4H3. The molecule has 1 N–H and O–H groups in total. The van der Waals surface area contributed by atoms with Crippen LogP contribution < -0.4 is 10.1 Å². The van der Waals surface area contributed by atoms with Crippen molar-refractivity contribution in [1.82, 2.24) is 5.32 Å². The molecule has 3 heteroatoms. The van der Waals surface area contributed by atoms with Crippen LogP contribution in [0.15, 0.2) is 18.2 Å². The van der Waals surface area contributed by atoms with Gasteiger partial charge in [0, 0.05) is 12.1 Å². The van der Waals surface area contributed by atoms with Crippen LogP contribution in [0.1, 0.15) is 38.3 Å². The summed E-state index contributed by atoms with van der Waals surface area (Å²) < 4.78 is 5.18. The summed E-state index contributed by atoms with van der Waals surface area (Å²) >= 11 is 0. The Bertz CT molecular complexity index is 419. The van der Waals surface area contributed by atoms with E-state index in [1.54, 1.807) is 13.2 Å². The predicted octanol–water partition coefficient (Wildman–Crippen LogP) is 2.85. The van der Waals surface area contributed by atoms with E-state index in [0.29, 0.717) is 11.3 Å². The van der Waals surface area contributed by atoms with Gasteiger partial charge in [-0.2, -0.15) is 5.26 Å². The summed E-state index contributed by atoms with van der Waals surface area (Å²) in [5.74, 6) is 0.640. The molecule has 0 aliphatic heterocycles. The Labute approximate surface area is 103 Å². The van der Waals surface area contributed by atoms with Gasteiger partial charge in [0.1, 0.15) is 11.8 Å². The summed E-state index contributed by atoms with van der Waals surface area (Å²) in [5, 5.41) is 12.4. The maximum absolute atomic E-state index is 8.89. The molecule has 0 aliphatic carbocycles. The highest BCUT2D eigenvalue weighted by Crippen LogP contribution is 2.19. The average molecular weight is 232 g/mol. The lowest BCUT2D eigenvalue weighted by Gasteiger charge is -2.24. The molecule has 0 unspecified atom stereocenters. The molecular weight excluding hydrogens is 212 g/mol. The molecule has 1 aromatic rings. The van der Waals surface area contributed by atoms with E-state index in [9.17, 15) is 0 Å². The Hall–Kier alpha value is -1.53. The summed E-state index contributed by atoms with van der Waals surface area (Å²) in [4.78, 5) is 0. The Kier molecular flexibility index (Phi) is 4.53. The molecule has 0 aromatic heterocycles. The Morgan fingerprint density at radius 3 is 2.65 bits per heavy atom. The number of methoxy groups -OCH3 is 1. The molecule has 17 heavy (non-hydrogen) atoms. The third-order valence-corrected chi connectivity index (χ3v) is 3.04. The van der Waals surface area contributed by atoms with Crippen LogP contribution in [0.3, 0.4) is 0 Å². The molecule has 0 bridgehead atoms. The molecule has 0 radical (unpaired) electrons. The van der Waals surface area contributed by atoms with Crippen molar-refractivity contribution >= 4 is 0 Å². The smallest absolute Gasteiger partial charge is 0.136 e. The highest BCUT2D eigenvalue weighted by molar-refractivity contribution is 5.45. The van der Waals surface area contributed by atoms with Crippen molar-refractivity contribution in [2.45, 2.75) is 39.3 Å². The van der Waals surface area contributed by atoms with E-state index < -0.39 is 0 Å². The first-order chi connectivity index (χ1) is 8.02. The second-order valence-corrected chi connectivity index (χ2v) is 4.74. The highest BCUT2D eigenvalue weighted by atomic mass is 16.5. The van der Waals surface area contributed by atoms with Gasteiger partial charge in [0.15, 0.2) is 0 Å². The first-order valence-electron chi connectivity index (χ1n) is 5.84. The first kappa shape index (κ1) is 13.5. The normalized spacial score (nSPS) is 11.0. The van der Waals surface area contributed by atoms with Crippen LogP contribution in [0.5, 0.6) is 5.75 Å². The molecular formula is C14H20N2O. The summed E-state index contributed by atoms with van der Waals surface area (Å²) in [5.41, 5.74) is 1.83. The third kappa shape index (κ3) is 3.76. The van der Waals surface area contributed by atoms with Crippen molar-refractivity contribution in [2.75, 3.05) is 7.11 Å². The molecule has 1 aromatic carbocycles. The molecule has 1 rings (SSSR count). The SMILES string of the molecule is CCC(C)(C)NCc1ccc(C#N)c(OC)c1. The van der Waals surface area contributed by atoms with Gasteiger partial charge in [0.25, 0.3) is 0 Å². The number of rotatable bonds is 5. The van der Waals surface area contributed by atoms with Crippen molar-refractivity contribution < 1.29 is 4.74 Å². The minimum Gasteiger partial charge on any atom is -0.495 e. The first-order valence-corrected chi connectivity index (χ1v) is 5.84. The van der Waals surface area contributed by atoms with Crippen LogP contribution in [0, 0.1) is 11.3 Å². The topological polar surface area (TPSA) is 45.0 Å². The number of benzene rings is 1. The van der Waals surface area contributed by atoms with Gasteiger partial charge in [-0.05, 0) is 38.0 Å². The van der Waals surface area contributed by atoms with Gasteiger partial charge in [0.2, 0.25) is 0 Å². The molecule has 0 atom stereocenters. The largest absolute Gasteiger partial charge is 0.495 e. The van der Waals surface area contributed by atoms with Crippen molar-refractivity contribution in [2.24, 2.45) is 0 Å². The number of ether oxygens (including phenoxy) is 1. The summed E-state index contributed by atoms with van der Waals surface area (Å²) in [6, 6.07) is 7.78. The lowest BCUT2D eigenvalue weighted by molar-refractivity contribution is 0.373. The van der Waals surface area contributed by atoms with E-state index >= 15 is 0 Å². The average Bonchev–Trinajstić information content (AvgIpc) is 2.36. The van der Waals surface area contributed by atoms with Crippen molar-refractivity contribution in [3.05, 3.63) is 29.3 Å². The summed E-state index contributed by atoms with van der Waals surface area (Å²) in [6.07, 6.45) is 1.07. The fraction of sp³-hybridized carbons (Fsp3) is 0.500.